The summed E-state index contributed by atoms with van der Waals surface area (Å²) in [4.78, 5) is 24.9. The first-order chi connectivity index (χ1) is 6.47. The maximum Gasteiger partial charge on any atom is 0.495 e. The van der Waals surface area contributed by atoms with Crippen LogP contribution in [0.5, 0.6) is 0 Å². The summed E-state index contributed by atoms with van der Waals surface area (Å²) in [5, 5.41) is 0. The highest BCUT2D eigenvalue weighted by atomic mass is 32.2. The molecule has 0 aliphatic rings. The summed E-state index contributed by atoms with van der Waals surface area (Å²) < 4.78 is 49.2. The summed E-state index contributed by atoms with van der Waals surface area (Å²) >= 11 is 0. The molecule has 0 aliphatic carbocycles. The van der Waals surface area contributed by atoms with Gasteiger partial charge in [-0.05, 0) is 0 Å². The fraction of sp³-hybridized carbons (Fsp3) is 1.00. The summed E-state index contributed by atoms with van der Waals surface area (Å²) in [6.07, 6.45) is 0. The molecule has 92 valence electrons. The smallest absolute Gasteiger partial charge is 0.329 e. The van der Waals surface area contributed by atoms with E-state index in [0.29, 0.717) is 0 Å². The van der Waals surface area contributed by atoms with Gasteiger partial charge in [-0.15, -0.1) is 0 Å². The molecule has 0 saturated carbocycles. The summed E-state index contributed by atoms with van der Waals surface area (Å²) in [6.45, 7) is -0.391. The van der Waals surface area contributed by atoms with E-state index in [1.807, 2.05) is 0 Å². The van der Waals surface area contributed by atoms with Crippen molar-refractivity contribution < 1.29 is 40.5 Å². The molecule has 0 heterocycles. The fourth-order valence-corrected chi connectivity index (χ4v) is 3.64. The van der Waals surface area contributed by atoms with Crippen LogP contribution in [-0.4, -0.2) is 35.4 Å². The van der Waals surface area contributed by atoms with Crippen LogP contribution in [0.4, 0.5) is 0 Å². The SMILES string of the molecule is NCCS(=O)(=O)OP(=O)(O)OP(=O)(O)O. The van der Waals surface area contributed by atoms with Crippen molar-refractivity contribution in [1.29, 1.82) is 0 Å². The third-order valence-corrected chi connectivity index (χ3v) is 4.86. The van der Waals surface area contributed by atoms with Gasteiger partial charge in [0, 0.05) is 6.54 Å². The van der Waals surface area contributed by atoms with Gasteiger partial charge >= 0.3 is 15.6 Å². The Morgan fingerprint density at radius 3 is 2.00 bits per heavy atom. The average molecular weight is 285 g/mol. The van der Waals surface area contributed by atoms with Gasteiger partial charge in [-0.3, -0.25) is 0 Å². The molecule has 0 amide bonds. The van der Waals surface area contributed by atoms with E-state index in [1.54, 1.807) is 0 Å². The topological polar surface area (TPSA) is 173 Å². The van der Waals surface area contributed by atoms with Crippen molar-refractivity contribution in [2.45, 2.75) is 0 Å². The molecule has 10 nitrogen and oxygen atoms in total. The van der Waals surface area contributed by atoms with E-state index in [4.69, 9.17) is 20.4 Å². The number of hydrogen-bond acceptors (Lipinski definition) is 7. The lowest BCUT2D eigenvalue weighted by atomic mass is 10.8. The van der Waals surface area contributed by atoms with Gasteiger partial charge in [0.2, 0.25) is 0 Å². The highest BCUT2D eigenvalue weighted by Gasteiger charge is 2.36. The van der Waals surface area contributed by atoms with Gasteiger partial charge in [0.1, 0.15) is 0 Å². The minimum atomic E-state index is -5.37. The molecule has 1 unspecified atom stereocenters. The number of nitrogens with two attached hydrogens (primary N) is 1. The second kappa shape index (κ2) is 5.00. The molecule has 0 saturated heterocycles. The molecule has 0 aromatic heterocycles. The number of rotatable bonds is 6. The molecule has 5 N–H and O–H groups in total. The minimum absolute atomic E-state index is 0.391. The first kappa shape index (κ1) is 15.2. The molecule has 1 atom stereocenters. The Labute approximate surface area is 85.0 Å². The number of phosphoric acid groups is 2. The standard InChI is InChI=1S/C2H9NO9P2S/c3-1-2-15(9,10)12-14(7,8)11-13(4,5)6/h1-3H2,(H,7,8)(H2,4,5,6). The summed E-state index contributed by atoms with van der Waals surface area (Å²) in [6, 6.07) is 0. The van der Waals surface area contributed by atoms with Crippen LogP contribution in [0.1, 0.15) is 0 Å². The Morgan fingerprint density at radius 2 is 1.67 bits per heavy atom. The van der Waals surface area contributed by atoms with E-state index >= 15 is 0 Å². The molecule has 0 aliphatic heterocycles. The van der Waals surface area contributed by atoms with Crippen molar-refractivity contribution in [2.24, 2.45) is 5.73 Å². The van der Waals surface area contributed by atoms with Crippen molar-refractivity contribution in [2.75, 3.05) is 12.3 Å². The summed E-state index contributed by atoms with van der Waals surface area (Å²) in [7, 11) is -15.2. The number of hydrogen-bond donors (Lipinski definition) is 4. The van der Waals surface area contributed by atoms with E-state index in [-0.39, 0.29) is 0 Å². The predicted molar refractivity (Wildman–Crippen MR) is 46.9 cm³/mol. The molecule has 0 spiro atoms. The van der Waals surface area contributed by atoms with Crippen molar-refractivity contribution in [3.05, 3.63) is 0 Å². The molecular weight excluding hydrogens is 276 g/mol. The largest absolute Gasteiger partial charge is 0.495 e. The normalized spacial score (nSPS) is 17.3. The molecule has 0 rings (SSSR count). The van der Waals surface area contributed by atoms with Gasteiger partial charge in [-0.2, -0.15) is 16.7 Å². The van der Waals surface area contributed by atoms with Crippen molar-refractivity contribution >= 4 is 25.8 Å². The molecule has 0 aromatic rings. The van der Waals surface area contributed by atoms with Gasteiger partial charge in [-0.25, -0.2) is 9.13 Å². The van der Waals surface area contributed by atoms with Crippen molar-refractivity contribution in [3.63, 3.8) is 0 Å². The van der Waals surface area contributed by atoms with E-state index in [9.17, 15) is 17.5 Å². The van der Waals surface area contributed by atoms with Crippen LogP contribution in [0.2, 0.25) is 0 Å². The first-order valence-electron chi connectivity index (χ1n) is 3.21. The maximum absolute atomic E-state index is 10.8. The summed E-state index contributed by atoms with van der Waals surface area (Å²) in [5.41, 5.74) is 4.84. The zero-order valence-electron chi connectivity index (χ0n) is 7.09. The van der Waals surface area contributed by atoms with Gasteiger partial charge in [-0.1, -0.05) is 0 Å². The first-order valence-corrected chi connectivity index (χ1v) is 7.81. The Morgan fingerprint density at radius 1 is 1.20 bits per heavy atom. The fourth-order valence-electron chi connectivity index (χ4n) is 0.473. The van der Waals surface area contributed by atoms with E-state index in [2.05, 4.69) is 8.28 Å². The molecule has 0 radical (unpaired) electrons. The third-order valence-electron chi connectivity index (χ3n) is 0.785. The second-order valence-corrected chi connectivity index (χ2v) is 6.86. The van der Waals surface area contributed by atoms with Gasteiger partial charge in [0.25, 0.3) is 10.1 Å². The summed E-state index contributed by atoms with van der Waals surface area (Å²) in [5.74, 6) is -0.790. The van der Waals surface area contributed by atoms with Crippen molar-refractivity contribution in [1.82, 2.24) is 0 Å². The van der Waals surface area contributed by atoms with Crippen LogP contribution in [-0.2, 0) is 27.5 Å². The Bertz CT molecular complexity index is 394. The molecule has 15 heavy (non-hydrogen) atoms. The lowest BCUT2D eigenvalue weighted by molar-refractivity contribution is 0.231. The molecule has 13 heteroatoms. The monoisotopic (exact) mass is 285 g/mol. The maximum atomic E-state index is 10.8. The lowest BCUT2D eigenvalue weighted by Gasteiger charge is -2.11. The highest BCUT2D eigenvalue weighted by molar-refractivity contribution is 7.91. The molecule has 0 fully saturated rings. The zero-order chi connectivity index (χ0) is 12.3. The predicted octanol–water partition coefficient (Wildman–Crippen LogP) is -1.50. The van der Waals surface area contributed by atoms with Crippen LogP contribution in [0.15, 0.2) is 0 Å². The van der Waals surface area contributed by atoms with E-state index in [0.717, 1.165) is 0 Å². The van der Waals surface area contributed by atoms with Crippen molar-refractivity contribution in [3.8, 4) is 0 Å². The van der Waals surface area contributed by atoms with E-state index in [1.165, 1.54) is 0 Å². The van der Waals surface area contributed by atoms with Crippen LogP contribution in [0.3, 0.4) is 0 Å². The minimum Gasteiger partial charge on any atom is -0.329 e. The molecular formula is C2H9NO9P2S. The molecule has 0 aromatic carbocycles. The second-order valence-electron chi connectivity index (χ2n) is 2.17. The quantitative estimate of drug-likeness (QED) is 0.420. The molecule has 0 bridgehead atoms. The van der Waals surface area contributed by atoms with Gasteiger partial charge in [0.05, 0.1) is 5.75 Å². The van der Waals surface area contributed by atoms with Crippen LogP contribution >= 0.6 is 15.6 Å². The Balaban J connectivity index is 4.66. The third kappa shape index (κ3) is 8.03. The van der Waals surface area contributed by atoms with Crippen LogP contribution in [0, 0.1) is 0 Å². The van der Waals surface area contributed by atoms with Crippen LogP contribution < -0.4 is 5.73 Å². The van der Waals surface area contributed by atoms with E-state index < -0.39 is 38.1 Å². The van der Waals surface area contributed by atoms with Crippen LogP contribution in [0.25, 0.3) is 0 Å². The van der Waals surface area contributed by atoms with Gasteiger partial charge in [0.15, 0.2) is 0 Å². The highest BCUT2D eigenvalue weighted by Crippen LogP contribution is 2.58. The lowest BCUT2D eigenvalue weighted by Crippen LogP contribution is -2.17. The Kier molecular flexibility index (Phi) is 5.06. The zero-order valence-corrected chi connectivity index (χ0v) is 9.69. The Hall–Kier alpha value is 0.170. The average Bonchev–Trinajstić information content (AvgIpc) is 1.74. The van der Waals surface area contributed by atoms with Gasteiger partial charge < -0.3 is 20.4 Å².